The largest absolute Gasteiger partial charge is 0.330 e. The van der Waals surface area contributed by atoms with Crippen molar-refractivity contribution in [1.29, 1.82) is 0 Å². The Morgan fingerprint density at radius 2 is 2.12 bits per heavy atom. The summed E-state index contributed by atoms with van der Waals surface area (Å²) in [5, 5.41) is 3.13. The van der Waals surface area contributed by atoms with Gasteiger partial charge in [-0.3, -0.25) is 4.79 Å². The molecule has 0 aromatic carbocycles. The van der Waals surface area contributed by atoms with Gasteiger partial charge in [0, 0.05) is 22.5 Å². The normalized spacial score (nSPS) is 17.8. The summed E-state index contributed by atoms with van der Waals surface area (Å²) in [4.78, 5) is 27.3. The highest BCUT2D eigenvalue weighted by molar-refractivity contribution is 7.20. The Morgan fingerprint density at radius 1 is 1.29 bits per heavy atom. The Balaban J connectivity index is 1.76. The van der Waals surface area contributed by atoms with E-state index in [1.807, 2.05) is 25.7 Å². The molecular formula is C18H19N3OS2. The minimum Gasteiger partial charge on any atom is -0.330 e. The number of rotatable bonds is 2. The smallest absolute Gasteiger partial charge is 0.264 e. The van der Waals surface area contributed by atoms with Gasteiger partial charge in [-0.1, -0.05) is 6.07 Å². The summed E-state index contributed by atoms with van der Waals surface area (Å²) < 4.78 is 0. The lowest BCUT2D eigenvalue weighted by Gasteiger charge is -2.23. The molecule has 1 aliphatic heterocycles. The SMILES string of the molecule is Cc1nc(C)c2c(C)c(C(=O)N3CCCC3c3cccs3)sc2n1. The molecule has 1 aliphatic rings. The molecule has 4 rings (SSSR count). The lowest BCUT2D eigenvalue weighted by Crippen LogP contribution is -2.30. The molecule has 124 valence electrons. The van der Waals surface area contributed by atoms with Crippen LogP contribution < -0.4 is 0 Å². The lowest BCUT2D eigenvalue weighted by atomic mass is 10.1. The first-order valence-corrected chi connectivity index (χ1v) is 9.84. The summed E-state index contributed by atoms with van der Waals surface area (Å²) in [6.07, 6.45) is 2.12. The second kappa shape index (κ2) is 5.93. The van der Waals surface area contributed by atoms with E-state index in [1.54, 1.807) is 11.3 Å². The van der Waals surface area contributed by atoms with Gasteiger partial charge in [0.1, 0.15) is 10.7 Å². The van der Waals surface area contributed by atoms with Gasteiger partial charge >= 0.3 is 0 Å². The summed E-state index contributed by atoms with van der Waals surface area (Å²) in [6.45, 7) is 6.75. The van der Waals surface area contributed by atoms with Crippen molar-refractivity contribution in [2.75, 3.05) is 6.54 Å². The molecule has 0 bridgehead atoms. The molecule has 0 aliphatic carbocycles. The van der Waals surface area contributed by atoms with Gasteiger partial charge in [0.05, 0.1) is 10.9 Å². The summed E-state index contributed by atoms with van der Waals surface area (Å²) in [7, 11) is 0. The summed E-state index contributed by atoms with van der Waals surface area (Å²) >= 11 is 3.24. The maximum absolute atomic E-state index is 13.2. The number of likely N-dealkylation sites (tertiary alicyclic amines) is 1. The van der Waals surface area contributed by atoms with Crippen molar-refractivity contribution in [3.63, 3.8) is 0 Å². The molecule has 6 heteroatoms. The number of thiophene rings is 2. The Morgan fingerprint density at radius 3 is 2.88 bits per heavy atom. The second-order valence-corrected chi connectivity index (χ2v) is 8.24. The molecule has 0 radical (unpaired) electrons. The Bertz CT molecular complexity index is 914. The van der Waals surface area contributed by atoms with Gasteiger partial charge in [0.25, 0.3) is 5.91 Å². The van der Waals surface area contributed by atoms with Gasteiger partial charge in [-0.25, -0.2) is 9.97 Å². The lowest BCUT2D eigenvalue weighted by molar-refractivity contribution is 0.0742. The van der Waals surface area contributed by atoms with Crippen LogP contribution >= 0.6 is 22.7 Å². The fourth-order valence-corrected chi connectivity index (χ4v) is 5.70. The first-order valence-electron chi connectivity index (χ1n) is 8.15. The maximum atomic E-state index is 13.2. The quantitative estimate of drug-likeness (QED) is 0.670. The van der Waals surface area contributed by atoms with E-state index in [0.717, 1.165) is 51.6 Å². The van der Waals surface area contributed by atoms with E-state index < -0.39 is 0 Å². The third-order valence-electron chi connectivity index (χ3n) is 4.66. The number of carbonyl (C=O) groups is 1. The van der Waals surface area contributed by atoms with Crippen LogP contribution in [0.4, 0.5) is 0 Å². The van der Waals surface area contributed by atoms with Gasteiger partial charge < -0.3 is 4.90 Å². The van der Waals surface area contributed by atoms with Crippen LogP contribution in [0.25, 0.3) is 10.2 Å². The zero-order valence-electron chi connectivity index (χ0n) is 14.0. The molecule has 1 saturated heterocycles. The van der Waals surface area contributed by atoms with Crippen LogP contribution in [-0.2, 0) is 0 Å². The van der Waals surface area contributed by atoms with E-state index in [2.05, 4.69) is 27.5 Å². The highest BCUT2D eigenvalue weighted by Crippen LogP contribution is 2.38. The van der Waals surface area contributed by atoms with E-state index in [1.165, 1.54) is 16.2 Å². The first kappa shape index (κ1) is 15.7. The Kier molecular flexibility index (Phi) is 3.89. The van der Waals surface area contributed by atoms with Crippen molar-refractivity contribution >= 4 is 38.8 Å². The molecule has 1 atom stereocenters. The van der Waals surface area contributed by atoms with Crippen LogP contribution in [-0.4, -0.2) is 27.3 Å². The standard InChI is InChI=1S/C18H19N3OS2/c1-10-15-11(2)19-12(3)20-17(15)24-16(10)18(22)21-8-4-6-13(21)14-7-5-9-23-14/h5,7,9,13H,4,6,8H2,1-3H3. The van der Waals surface area contributed by atoms with E-state index >= 15 is 0 Å². The molecule has 3 aromatic rings. The molecule has 1 fully saturated rings. The molecule has 3 aromatic heterocycles. The van der Waals surface area contributed by atoms with E-state index in [0.29, 0.717) is 0 Å². The minimum atomic E-state index is 0.142. The topological polar surface area (TPSA) is 46.1 Å². The number of fused-ring (bicyclic) bond motifs is 1. The molecule has 0 saturated carbocycles. The minimum absolute atomic E-state index is 0.142. The van der Waals surface area contributed by atoms with Crippen LogP contribution in [0, 0.1) is 20.8 Å². The van der Waals surface area contributed by atoms with Crippen molar-refractivity contribution in [2.45, 2.75) is 39.7 Å². The van der Waals surface area contributed by atoms with Crippen molar-refractivity contribution in [3.8, 4) is 0 Å². The second-order valence-electron chi connectivity index (χ2n) is 6.26. The molecule has 24 heavy (non-hydrogen) atoms. The van der Waals surface area contributed by atoms with Crippen LogP contribution in [0.3, 0.4) is 0 Å². The third-order valence-corrected chi connectivity index (χ3v) is 6.81. The van der Waals surface area contributed by atoms with Crippen molar-refractivity contribution in [3.05, 3.63) is 44.3 Å². The Labute approximate surface area is 149 Å². The zero-order chi connectivity index (χ0) is 16.8. The van der Waals surface area contributed by atoms with Gasteiger partial charge in [0.2, 0.25) is 0 Å². The predicted molar refractivity (Wildman–Crippen MR) is 99.0 cm³/mol. The van der Waals surface area contributed by atoms with Gasteiger partial charge in [0.15, 0.2) is 0 Å². The highest BCUT2D eigenvalue weighted by Gasteiger charge is 2.33. The predicted octanol–water partition coefficient (Wildman–Crippen LogP) is 4.66. The molecular weight excluding hydrogens is 338 g/mol. The molecule has 1 unspecified atom stereocenters. The molecule has 1 amide bonds. The molecule has 0 N–H and O–H groups in total. The molecule has 0 spiro atoms. The summed E-state index contributed by atoms with van der Waals surface area (Å²) in [5.74, 6) is 0.904. The average Bonchev–Trinajstić information content (AvgIpc) is 3.25. The summed E-state index contributed by atoms with van der Waals surface area (Å²) in [5.41, 5.74) is 1.98. The van der Waals surface area contributed by atoms with E-state index in [9.17, 15) is 4.79 Å². The first-order chi connectivity index (χ1) is 11.6. The third kappa shape index (κ3) is 2.45. The molecule has 4 nitrogen and oxygen atoms in total. The maximum Gasteiger partial charge on any atom is 0.264 e. The van der Waals surface area contributed by atoms with Crippen LogP contribution in [0.5, 0.6) is 0 Å². The fourth-order valence-electron chi connectivity index (χ4n) is 3.59. The van der Waals surface area contributed by atoms with Crippen molar-refractivity contribution < 1.29 is 4.79 Å². The fraction of sp³-hybridized carbons (Fsp3) is 0.389. The van der Waals surface area contributed by atoms with Gasteiger partial charge in [-0.15, -0.1) is 22.7 Å². The number of aryl methyl sites for hydroxylation is 3. The van der Waals surface area contributed by atoms with Gasteiger partial charge in [-0.05, 0) is 50.6 Å². The Hall–Kier alpha value is -1.79. The van der Waals surface area contributed by atoms with Crippen LogP contribution in [0.2, 0.25) is 0 Å². The number of nitrogens with zero attached hydrogens (tertiary/aromatic N) is 3. The molecule has 4 heterocycles. The van der Waals surface area contributed by atoms with Crippen molar-refractivity contribution in [2.24, 2.45) is 0 Å². The highest BCUT2D eigenvalue weighted by atomic mass is 32.1. The van der Waals surface area contributed by atoms with Gasteiger partial charge in [-0.2, -0.15) is 0 Å². The van der Waals surface area contributed by atoms with E-state index in [4.69, 9.17) is 0 Å². The van der Waals surface area contributed by atoms with Crippen molar-refractivity contribution in [1.82, 2.24) is 14.9 Å². The number of carbonyl (C=O) groups excluding carboxylic acids is 1. The number of hydrogen-bond acceptors (Lipinski definition) is 5. The van der Waals surface area contributed by atoms with Crippen LogP contribution in [0.1, 0.15) is 50.5 Å². The number of amides is 1. The monoisotopic (exact) mass is 357 g/mol. The summed E-state index contributed by atoms with van der Waals surface area (Å²) in [6, 6.07) is 4.42. The number of hydrogen-bond donors (Lipinski definition) is 0. The average molecular weight is 358 g/mol. The van der Waals surface area contributed by atoms with E-state index in [-0.39, 0.29) is 11.9 Å². The zero-order valence-corrected chi connectivity index (χ0v) is 15.6. The van der Waals surface area contributed by atoms with Crippen LogP contribution in [0.15, 0.2) is 17.5 Å². The number of aromatic nitrogens is 2.